The second-order valence-electron chi connectivity index (χ2n) is 6.88. The summed E-state index contributed by atoms with van der Waals surface area (Å²) in [6, 6.07) is 9.83. The number of ether oxygens (including phenoxy) is 2. The summed E-state index contributed by atoms with van der Waals surface area (Å²) in [5, 5.41) is 3.32. The lowest BCUT2D eigenvalue weighted by atomic mass is 10.2. The van der Waals surface area contributed by atoms with Crippen molar-refractivity contribution in [2.24, 2.45) is 0 Å². The van der Waals surface area contributed by atoms with E-state index in [4.69, 9.17) is 9.47 Å². The number of methoxy groups -OCH3 is 2. The van der Waals surface area contributed by atoms with Crippen molar-refractivity contribution >= 4 is 44.4 Å². The molecule has 3 aromatic rings. The number of sulfonamides is 1. The van der Waals surface area contributed by atoms with Gasteiger partial charge in [0.1, 0.15) is 11.5 Å². The van der Waals surface area contributed by atoms with Gasteiger partial charge in [0, 0.05) is 12.6 Å². The van der Waals surface area contributed by atoms with Gasteiger partial charge >= 0.3 is 0 Å². The lowest BCUT2D eigenvalue weighted by Crippen LogP contribution is -2.24. The number of thioether (sulfide) groups is 1. The molecule has 1 aromatic heterocycles. The Morgan fingerprint density at radius 1 is 1.16 bits per heavy atom. The van der Waals surface area contributed by atoms with Crippen LogP contribution in [0.2, 0.25) is 0 Å². The first-order valence-electron chi connectivity index (χ1n) is 10.0. The summed E-state index contributed by atoms with van der Waals surface area (Å²) in [7, 11) is -0.507. The highest BCUT2D eigenvalue weighted by atomic mass is 32.2. The van der Waals surface area contributed by atoms with E-state index in [-0.39, 0.29) is 16.6 Å². The molecule has 0 aliphatic carbocycles. The van der Waals surface area contributed by atoms with Crippen molar-refractivity contribution in [2.75, 3.05) is 31.8 Å². The molecule has 1 heterocycles. The molecule has 9 nitrogen and oxygen atoms in total. The van der Waals surface area contributed by atoms with E-state index >= 15 is 0 Å². The van der Waals surface area contributed by atoms with Crippen molar-refractivity contribution in [3.63, 3.8) is 0 Å². The summed E-state index contributed by atoms with van der Waals surface area (Å²) in [4.78, 5) is 20.0. The maximum absolute atomic E-state index is 12.4. The Bertz CT molecular complexity index is 1190. The first-order valence-corrected chi connectivity index (χ1v) is 12.5. The fourth-order valence-electron chi connectivity index (χ4n) is 2.89. The maximum atomic E-state index is 12.4. The Kier molecular flexibility index (Phi) is 7.99. The molecule has 0 spiro atoms. The van der Waals surface area contributed by atoms with Gasteiger partial charge < -0.3 is 19.8 Å². The summed E-state index contributed by atoms with van der Waals surface area (Å²) in [5.74, 6) is 0.993. The topological polar surface area (TPSA) is 122 Å². The van der Waals surface area contributed by atoms with E-state index in [0.29, 0.717) is 39.9 Å². The van der Waals surface area contributed by atoms with Crippen LogP contribution >= 0.6 is 11.8 Å². The van der Waals surface area contributed by atoms with Gasteiger partial charge in [0.05, 0.1) is 41.6 Å². The molecule has 0 bridgehead atoms. The van der Waals surface area contributed by atoms with Gasteiger partial charge in [-0.2, -0.15) is 0 Å². The minimum absolute atomic E-state index is 0.110. The van der Waals surface area contributed by atoms with Crippen molar-refractivity contribution < 1.29 is 22.7 Å². The number of aromatic amines is 1. The van der Waals surface area contributed by atoms with Crippen molar-refractivity contribution in [2.45, 2.75) is 29.8 Å². The van der Waals surface area contributed by atoms with Crippen molar-refractivity contribution in [1.29, 1.82) is 0 Å². The monoisotopic (exact) mass is 478 g/mol. The van der Waals surface area contributed by atoms with Crippen LogP contribution < -0.4 is 19.5 Å². The molecule has 0 atom stereocenters. The van der Waals surface area contributed by atoms with Gasteiger partial charge in [0.2, 0.25) is 15.9 Å². The van der Waals surface area contributed by atoms with Crippen LogP contribution in [0.5, 0.6) is 11.5 Å². The van der Waals surface area contributed by atoms with Crippen molar-refractivity contribution in [1.82, 2.24) is 14.7 Å². The molecule has 11 heteroatoms. The molecule has 0 unspecified atom stereocenters. The number of nitrogens with one attached hydrogen (secondary N) is 3. The lowest BCUT2D eigenvalue weighted by molar-refractivity contribution is -0.113. The van der Waals surface area contributed by atoms with Gasteiger partial charge in [-0.05, 0) is 36.8 Å². The quantitative estimate of drug-likeness (QED) is 0.285. The van der Waals surface area contributed by atoms with Gasteiger partial charge in [0.25, 0.3) is 0 Å². The summed E-state index contributed by atoms with van der Waals surface area (Å²) >= 11 is 1.22. The molecule has 1 amide bonds. The van der Waals surface area contributed by atoms with E-state index in [1.165, 1.54) is 24.9 Å². The predicted octanol–water partition coefficient (Wildman–Crippen LogP) is 3.39. The number of H-pyrrole nitrogens is 1. The molecule has 3 N–H and O–H groups in total. The number of anilines is 1. The van der Waals surface area contributed by atoms with Gasteiger partial charge in [-0.25, -0.2) is 18.1 Å². The Balaban J connectivity index is 1.65. The number of imidazole rings is 1. The first-order chi connectivity index (χ1) is 15.4. The second-order valence-corrected chi connectivity index (χ2v) is 9.61. The third-order valence-electron chi connectivity index (χ3n) is 4.59. The maximum Gasteiger partial charge on any atom is 0.240 e. The summed E-state index contributed by atoms with van der Waals surface area (Å²) in [5.41, 5.74) is 1.74. The van der Waals surface area contributed by atoms with E-state index in [9.17, 15) is 13.2 Å². The largest absolute Gasteiger partial charge is 0.497 e. The van der Waals surface area contributed by atoms with Crippen LogP contribution in [-0.2, 0) is 14.8 Å². The highest BCUT2D eigenvalue weighted by Crippen LogP contribution is 2.29. The van der Waals surface area contributed by atoms with Gasteiger partial charge in [-0.3, -0.25) is 4.79 Å². The minimum atomic E-state index is -3.58. The number of fused-ring (bicyclic) bond motifs is 1. The SMILES string of the molecule is CCCCNS(=O)(=O)c1ccc2nc(SCC(=O)Nc3ccc(OC)cc3OC)[nH]c2c1. The normalized spacial score (nSPS) is 11.5. The zero-order valence-electron chi connectivity index (χ0n) is 18.1. The summed E-state index contributed by atoms with van der Waals surface area (Å²) < 4.78 is 37.9. The fraction of sp³-hybridized carbons (Fsp3) is 0.333. The van der Waals surface area contributed by atoms with E-state index in [0.717, 1.165) is 12.8 Å². The molecule has 172 valence electrons. The molecule has 0 aliphatic rings. The van der Waals surface area contributed by atoms with E-state index in [2.05, 4.69) is 20.0 Å². The number of nitrogens with zero attached hydrogens (tertiary/aromatic N) is 1. The van der Waals surface area contributed by atoms with E-state index in [1.807, 2.05) is 6.92 Å². The van der Waals surface area contributed by atoms with Crippen molar-refractivity contribution in [3.05, 3.63) is 36.4 Å². The van der Waals surface area contributed by atoms with Gasteiger partial charge in [-0.15, -0.1) is 0 Å². The number of unbranched alkanes of at least 4 members (excludes halogenated alkanes) is 1. The van der Waals surface area contributed by atoms with E-state index in [1.54, 1.807) is 37.4 Å². The molecular formula is C21H26N4O5S2. The molecule has 0 radical (unpaired) electrons. The molecule has 2 aromatic carbocycles. The second kappa shape index (κ2) is 10.7. The van der Waals surface area contributed by atoms with Crippen molar-refractivity contribution in [3.8, 4) is 11.5 Å². The van der Waals surface area contributed by atoms with E-state index < -0.39 is 10.0 Å². The van der Waals surface area contributed by atoms with Crippen LogP contribution in [0.1, 0.15) is 19.8 Å². The minimum Gasteiger partial charge on any atom is -0.497 e. The fourth-order valence-corrected chi connectivity index (χ4v) is 4.67. The number of hydrogen-bond donors (Lipinski definition) is 3. The number of rotatable bonds is 11. The average molecular weight is 479 g/mol. The highest BCUT2D eigenvalue weighted by molar-refractivity contribution is 7.99. The number of hydrogen-bond acceptors (Lipinski definition) is 7. The van der Waals surface area contributed by atoms with Crippen LogP contribution in [0.3, 0.4) is 0 Å². The number of benzene rings is 2. The predicted molar refractivity (Wildman–Crippen MR) is 125 cm³/mol. The molecule has 0 saturated carbocycles. The molecule has 0 aliphatic heterocycles. The molecule has 0 fully saturated rings. The zero-order chi connectivity index (χ0) is 23.1. The Hall–Kier alpha value is -2.76. The third kappa shape index (κ3) is 5.93. The van der Waals surface area contributed by atoms with Gasteiger partial charge in [-0.1, -0.05) is 25.1 Å². The van der Waals surface area contributed by atoms with Gasteiger partial charge in [0.15, 0.2) is 5.16 Å². The first kappa shape index (κ1) is 23.9. The molecule has 3 rings (SSSR count). The molecule has 0 saturated heterocycles. The summed E-state index contributed by atoms with van der Waals surface area (Å²) in [6.07, 6.45) is 1.68. The Morgan fingerprint density at radius 2 is 1.97 bits per heavy atom. The lowest BCUT2D eigenvalue weighted by Gasteiger charge is -2.11. The number of carbonyl (C=O) groups excluding carboxylic acids is 1. The number of amides is 1. The molecular weight excluding hydrogens is 452 g/mol. The smallest absolute Gasteiger partial charge is 0.240 e. The highest BCUT2D eigenvalue weighted by Gasteiger charge is 2.16. The Labute approximate surface area is 191 Å². The zero-order valence-corrected chi connectivity index (χ0v) is 19.7. The van der Waals surface area contributed by atoms with Crippen LogP contribution in [-0.4, -0.2) is 50.8 Å². The third-order valence-corrected chi connectivity index (χ3v) is 6.92. The van der Waals surface area contributed by atoms with Crippen LogP contribution in [0.4, 0.5) is 5.69 Å². The number of carbonyl (C=O) groups is 1. The summed E-state index contributed by atoms with van der Waals surface area (Å²) in [6.45, 7) is 2.40. The number of aromatic nitrogens is 2. The average Bonchev–Trinajstić information content (AvgIpc) is 3.20. The molecule has 32 heavy (non-hydrogen) atoms. The van der Waals surface area contributed by atoms with Crippen LogP contribution in [0, 0.1) is 0 Å². The van der Waals surface area contributed by atoms with Crippen LogP contribution in [0.25, 0.3) is 11.0 Å². The standard InChI is InChI=1S/C21H26N4O5S2/c1-4-5-10-22-32(27,28)15-7-9-16-18(12-15)25-21(24-16)31-13-20(26)23-17-8-6-14(29-2)11-19(17)30-3/h6-9,11-12,22H,4-5,10,13H2,1-3H3,(H,23,26)(H,24,25). The van der Waals surface area contributed by atoms with Crippen LogP contribution in [0.15, 0.2) is 46.5 Å². The Morgan fingerprint density at radius 3 is 2.69 bits per heavy atom.